The smallest absolute Gasteiger partial charge is 0.408 e. The van der Waals surface area contributed by atoms with E-state index in [1.807, 2.05) is 0 Å². The molecule has 128 valence electrons. The number of carbonyl (C=O) groups excluding carboxylic acids is 1. The van der Waals surface area contributed by atoms with E-state index in [-0.39, 0.29) is 17.9 Å². The van der Waals surface area contributed by atoms with Crippen molar-refractivity contribution in [1.29, 1.82) is 0 Å². The molecule has 25 heavy (non-hydrogen) atoms. The Bertz CT molecular complexity index is 905. The summed E-state index contributed by atoms with van der Waals surface area (Å²) in [6, 6.07) is 12.7. The predicted molar refractivity (Wildman–Crippen MR) is 85.7 cm³/mol. The van der Waals surface area contributed by atoms with Crippen molar-refractivity contribution in [2.45, 2.75) is 6.18 Å². The lowest BCUT2D eigenvalue weighted by atomic mass is 10.1. The van der Waals surface area contributed by atoms with E-state index in [2.05, 4.69) is 5.10 Å². The highest BCUT2D eigenvalue weighted by Gasteiger charge is 2.30. The van der Waals surface area contributed by atoms with Crippen molar-refractivity contribution in [2.75, 3.05) is 0 Å². The molecule has 3 aromatic rings. The van der Waals surface area contributed by atoms with E-state index < -0.39 is 11.7 Å². The zero-order valence-corrected chi connectivity index (χ0v) is 13.3. The lowest BCUT2D eigenvalue weighted by Gasteiger charge is -2.10. The van der Waals surface area contributed by atoms with E-state index >= 15 is 0 Å². The summed E-state index contributed by atoms with van der Waals surface area (Å²) in [4.78, 5) is 10.6. The van der Waals surface area contributed by atoms with Crippen LogP contribution in [0.25, 0.3) is 16.9 Å². The molecule has 0 N–H and O–H groups in total. The van der Waals surface area contributed by atoms with Gasteiger partial charge >= 0.3 is 6.18 Å². The van der Waals surface area contributed by atoms with Crippen LogP contribution in [0.15, 0.2) is 54.6 Å². The molecule has 0 aliphatic rings. The van der Waals surface area contributed by atoms with Gasteiger partial charge in [0.1, 0.15) is 0 Å². The van der Waals surface area contributed by atoms with Crippen LogP contribution in [-0.4, -0.2) is 16.3 Å². The molecule has 1 heterocycles. The van der Waals surface area contributed by atoms with E-state index in [1.165, 1.54) is 22.9 Å². The second kappa shape index (κ2) is 6.60. The van der Waals surface area contributed by atoms with Crippen molar-refractivity contribution in [2.24, 2.45) is 0 Å². The normalized spacial score (nSPS) is 11.4. The quantitative estimate of drug-likeness (QED) is 0.626. The van der Waals surface area contributed by atoms with Crippen LogP contribution in [0.4, 0.5) is 13.2 Å². The molecule has 8 heteroatoms. The number of benzene rings is 2. The Morgan fingerprint density at radius 1 is 1.08 bits per heavy atom. The van der Waals surface area contributed by atoms with Crippen LogP contribution in [0.3, 0.4) is 0 Å². The lowest BCUT2D eigenvalue weighted by molar-refractivity contribution is -0.137. The molecule has 0 radical (unpaired) electrons. The van der Waals surface area contributed by atoms with Gasteiger partial charge in [-0.05, 0) is 36.4 Å². The third-order valence-corrected chi connectivity index (χ3v) is 3.66. The largest absolute Gasteiger partial charge is 0.416 e. The first-order chi connectivity index (χ1) is 11.9. The summed E-state index contributed by atoms with van der Waals surface area (Å²) >= 11 is 5.86. The molecule has 0 spiro atoms. The minimum absolute atomic E-state index is 0.0302. The van der Waals surface area contributed by atoms with Crippen molar-refractivity contribution >= 4 is 18.1 Å². The van der Waals surface area contributed by atoms with Gasteiger partial charge in [0.15, 0.2) is 0 Å². The van der Waals surface area contributed by atoms with Crippen LogP contribution >= 0.6 is 11.6 Å². The maximum atomic E-state index is 13.0. The van der Waals surface area contributed by atoms with Crippen LogP contribution in [-0.2, 0) is 11.0 Å². The van der Waals surface area contributed by atoms with Crippen molar-refractivity contribution in [1.82, 2.24) is 9.78 Å². The molecule has 1 aromatic heterocycles. The van der Waals surface area contributed by atoms with E-state index in [1.54, 1.807) is 24.3 Å². The van der Waals surface area contributed by atoms with E-state index in [4.69, 9.17) is 16.3 Å². The van der Waals surface area contributed by atoms with Gasteiger partial charge in [-0.15, -0.1) is 5.10 Å². The fourth-order valence-electron chi connectivity index (χ4n) is 2.31. The fourth-order valence-corrected chi connectivity index (χ4v) is 2.43. The maximum absolute atomic E-state index is 13.0. The van der Waals surface area contributed by atoms with Gasteiger partial charge in [0, 0.05) is 16.7 Å². The molecule has 4 nitrogen and oxygen atoms in total. The van der Waals surface area contributed by atoms with Crippen LogP contribution in [0, 0.1) is 0 Å². The average molecular weight is 367 g/mol. The molecule has 0 fully saturated rings. The Hall–Kier alpha value is -2.80. The van der Waals surface area contributed by atoms with E-state index in [0.29, 0.717) is 16.4 Å². The molecular formula is C17H10ClF3N2O2. The number of alkyl halides is 3. The third-order valence-electron chi connectivity index (χ3n) is 3.41. The maximum Gasteiger partial charge on any atom is 0.416 e. The number of nitrogens with zero attached hydrogens (tertiary/aromatic N) is 2. The van der Waals surface area contributed by atoms with Crippen molar-refractivity contribution in [3.05, 3.63) is 65.2 Å². The molecule has 0 aliphatic carbocycles. The second-order valence-corrected chi connectivity index (χ2v) is 5.49. The van der Waals surface area contributed by atoms with Gasteiger partial charge in [-0.3, -0.25) is 4.79 Å². The van der Waals surface area contributed by atoms with E-state index in [9.17, 15) is 18.0 Å². The number of rotatable bonds is 4. The summed E-state index contributed by atoms with van der Waals surface area (Å²) in [6.07, 6.45) is -4.47. The predicted octanol–water partition coefficient (Wildman–Crippen LogP) is 4.75. The van der Waals surface area contributed by atoms with E-state index in [0.717, 1.165) is 12.1 Å². The Balaban J connectivity index is 2.15. The minimum Gasteiger partial charge on any atom is -0.408 e. The first-order valence-electron chi connectivity index (χ1n) is 7.02. The molecule has 0 bridgehead atoms. The van der Waals surface area contributed by atoms with Crippen LogP contribution < -0.4 is 4.74 Å². The summed E-state index contributed by atoms with van der Waals surface area (Å²) < 4.78 is 45.0. The highest BCUT2D eigenvalue weighted by Crippen LogP contribution is 2.34. The van der Waals surface area contributed by atoms with Gasteiger partial charge in [-0.2, -0.15) is 13.2 Å². The van der Waals surface area contributed by atoms with Gasteiger partial charge in [0.2, 0.25) is 5.88 Å². The Kier molecular flexibility index (Phi) is 4.50. The van der Waals surface area contributed by atoms with Crippen LogP contribution in [0.1, 0.15) is 5.56 Å². The standard InChI is InChI=1S/C17H10ClF3N2O2/c18-13-4-6-14(7-5-13)23-15(9-16(22-23)25-10-24)11-2-1-3-12(8-11)17(19,20)21/h1-10H. The number of halogens is 4. The lowest BCUT2D eigenvalue weighted by Crippen LogP contribution is -2.05. The highest BCUT2D eigenvalue weighted by atomic mass is 35.5. The third kappa shape index (κ3) is 3.66. The molecule has 0 amide bonds. The van der Waals surface area contributed by atoms with Gasteiger partial charge in [0.25, 0.3) is 6.47 Å². The topological polar surface area (TPSA) is 44.1 Å². The van der Waals surface area contributed by atoms with Crippen molar-refractivity contribution in [3.63, 3.8) is 0 Å². The molecule has 2 aromatic carbocycles. The molecule has 0 saturated carbocycles. The summed E-state index contributed by atoms with van der Waals surface area (Å²) in [6.45, 7) is 0.199. The molecule has 0 unspecified atom stereocenters. The SMILES string of the molecule is O=COc1cc(-c2cccc(C(F)(F)F)c2)n(-c2ccc(Cl)cc2)n1. The highest BCUT2D eigenvalue weighted by molar-refractivity contribution is 6.30. The number of hydrogen-bond donors (Lipinski definition) is 0. The first kappa shape index (κ1) is 17.0. The summed E-state index contributed by atoms with van der Waals surface area (Å²) in [7, 11) is 0. The molecular weight excluding hydrogens is 357 g/mol. The number of hydrogen-bond acceptors (Lipinski definition) is 3. The Morgan fingerprint density at radius 3 is 2.44 bits per heavy atom. The minimum atomic E-state index is -4.47. The summed E-state index contributed by atoms with van der Waals surface area (Å²) in [5.41, 5.74) is 0.382. The van der Waals surface area contributed by atoms with Gasteiger partial charge in [-0.25, -0.2) is 4.68 Å². The second-order valence-electron chi connectivity index (χ2n) is 5.05. The zero-order valence-electron chi connectivity index (χ0n) is 12.5. The van der Waals surface area contributed by atoms with Crippen LogP contribution in [0.5, 0.6) is 5.88 Å². The number of ether oxygens (including phenoxy) is 1. The van der Waals surface area contributed by atoms with Gasteiger partial charge in [-0.1, -0.05) is 23.7 Å². The van der Waals surface area contributed by atoms with Gasteiger partial charge in [0.05, 0.1) is 16.9 Å². The van der Waals surface area contributed by atoms with Crippen molar-refractivity contribution in [3.8, 4) is 22.8 Å². The number of aromatic nitrogens is 2. The average Bonchev–Trinajstić information content (AvgIpc) is 2.99. The zero-order chi connectivity index (χ0) is 18.0. The van der Waals surface area contributed by atoms with Crippen molar-refractivity contribution < 1.29 is 22.7 Å². The molecule has 0 atom stereocenters. The van der Waals surface area contributed by atoms with Gasteiger partial charge < -0.3 is 4.74 Å². The molecule has 0 aliphatic heterocycles. The summed E-state index contributed by atoms with van der Waals surface area (Å²) in [5, 5.41) is 4.61. The Labute approximate surface area is 145 Å². The molecule has 0 saturated heterocycles. The monoisotopic (exact) mass is 366 g/mol. The number of carbonyl (C=O) groups is 1. The Morgan fingerprint density at radius 2 is 1.80 bits per heavy atom. The summed E-state index contributed by atoms with van der Waals surface area (Å²) in [5.74, 6) is -0.0302. The fraction of sp³-hybridized carbons (Fsp3) is 0.0588. The first-order valence-corrected chi connectivity index (χ1v) is 7.40. The molecule has 3 rings (SSSR count). The van der Waals surface area contributed by atoms with Crippen LogP contribution in [0.2, 0.25) is 5.02 Å².